The summed E-state index contributed by atoms with van der Waals surface area (Å²) in [6.45, 7) is 1.94. The Bertz CT molecular complexity index is 915. The van der Waals surface area contributed by atoms with Crippen LogP contribution in [0.3, 0.4) is 0 Å². The number of nitrogens with one attached hydrogen (secondary N) is 1. The van der Waals surface area contributed by atoms with Gasteiger partial charge in [-0.05, 0) is 61.7 Å². The quantitative estimate of drug-likeness (QED) is 0.708. The molecule has 0 atom stereocenters. The SMILES string of the molecule is Cc1ccc(NC(=O)CSC2=NC3(CCCC3)N=C2c2cccs2)cc1Cl. The van der Waals surface area contributed by atoms with E-state index >= 15 is 0 Å². The molecule has 140 valence electrons. The first kappa shape index (κ1) is 18.7. The maximum absolute atomic E-state index is 12.4. The number of anilines is 1. The Labute approximate surface area is 172 Å². The number of aliphatic imine (C=N–C) groups is 2. The molecule has 1 aromatic carbocycles. The van der Waals surface area contributed by atoms with Crippen molar-refractivity contribution in [3.63, 3.8) is 0 Å². The van der Waals surface area contributed by atoms with Gasteiger partial charge in [0.05, 0.1) is 10.6 Å². The summed E-state index contributed by atoms with van der Waals surface area (Å²) in [5.41, 5.74) is 2.36. The van der Waals surface area contributed by atoms with Crippen LogP contribution in [0.5, 0.6) is 0 Å². The topological polar surface area (TPSA) is 53.8 Å². The second kappa shape index (κ2) is 7.78. The van der Waals surface area contributed by atoms with Gasteiger partial charge in [-0.15, -0.1) is 11.3 Å². The Morgan fingerprint density at radius 1 is 1.30 bits per heavy atom. The third-order valence-electron chi connectivity index (χ3n) is 4.79. The average Bonchev–Trinajstić information content (AvgIpc) is 3.38. The first-order valence-electron chi connectivity index (χ1n) is 8.97. The van der Waals surface area contributed by atoms with Gasteiger partial charge in [-0.25, -0.2) is 4.99 Å². The molecule has 0 unspecified atom stereocenters. The Balaban J connectivity index is 1.45. The zero-order valence-electron chi connectivity index (χ0n) is 15.0. The van der Waals surface area contributed by atoms with E-state index in [9.17, 15) is 4.79 Å². The number of amides is 1. The maximum Gasteiger partial charge on any atom is 0.234 e. The van der Waals surface area contributed by atoms with Crippen molar-refractivity contribution in [1.29, 1.82) is 0 Å². The van der Waals surface area contributed by atoms with Crippen LogP contribution in [-0.2, 0) is 4.79 Å². The van der Waals surface area contributed by atoms with E-state index in [4.69, 9.17) is 21.6 Å². The van der Waals surface area contributed by atoms with Crippen LogP contribution < -0.4 is 5.32 Å². The molecular formula is C20H20ClN3OS2. The Kier molecular flexibility index (Phi) is 5.39. The number of halogens is 1. The molecule has 1 aromatic heterocycles. The molecule has 4 nitrogen and oxygen atoms in total. The van der Waals surface area contributed by atoms with Crippen molar-refractivity contribution in [3.8, 4) is 0 Å². The number of thioether (sulfide) groups is 1. The zero-order valence-corrected chi connectivity index (χ0v) is 17.4. The molecule has 1 N–H and O–H groups in total. The van der Waals surface area contributed by atoms with E-state index < -0.39 is 0 Å². The number of hydrogen-bond donors (Lipinski definition) is 1. The van der Waals surface area contributed by atoms with Crippen molar-refractivity contribution in [2.75, 3.05) is 11.1 Å². The largest absolute Gasteiger partial charge is 0.325 e. The van der Waals surface area contributed by atoms with E-state index in [1.165, 1.54) is 11.8 Å². The third-order valence-corrected chi connectivity index (χ3v) is 7.03. The normalized spacial score (nSPS) is 17.9. The standard InChI is InChI=1S/C20H20ClN3OS2/c1-13-6-7-14(11-15(13)21)22-17(25)12-27-19-18(16-5-4-10-26-16)23-20(24-19)8-2-3-9-20/h4-7,10-11H,2-3,8-9,12H2,1H3,(H,22,25). The highest BCUT2D eigenvalue weighted by Crippen LogP contribution is 2.40. The molecule has 1 fully saturated rings. The Hall–Kier alpha value is -1.63. The molecule has 1 aliphatic heterocycles. The van der Waals surface area contributed by atoms with Gasteiger partial charge >= 0.3 is 0 Å². The number of nitrogens with zero attached hydrogens (tertiary/aromatic N) is 2. The Morgan fingerprint density at radius 3 is 2.81 bits per heavy atom. The van der Waals surface area contributed by atoms with Gasteiger partial charge in [0.2, 0.25) is 5.91 Å². The van der Waals surface area contributed by atoms with Gasteiger partial charge in [-0.3, -0.25) is 9.79 Å². The second-order valence-electron chi connectivity index (χ2n) is 6.85. The summed E-state index contributed by atoms with van der Waals surface area (Å²) in [7, 11) is 0. The van der Waals surface area contributed by atoms with Crippen molar-refractivity contribution >= 4 is 57.0 Å². The fourth-order valence-corrected chi connectivity index (χ4v) is 5.19. The van der Waals surface area contributed by atoms with E-state index in [0.717, 1.165) is 46.9 Å². The van der Waals surface area contributed by atoms with Gasteiger partial charge in [0.1, 0.15) is 10.8 Å². The second-order valence-corrected chi connectivity index (χ2v) is 9.16. The third kappa shape index (κ3) is 4.13. The lowest BCUT2D eigenvalue weighted by atomic mass is 10.1. The van der Waals surface area contributed by atoms with Crippen LogP contribution in [0.25, 0.3) is 0 Å². The summed E-state index contributed by atoms with van der Waals surface area (Å²) in [4.78, 5) is 23.4. The summed E-state index contributed by atoms with van der Waals surface area (Å²) in [6.07, 6.45) is 4.33. The monoisotopic (exact) mass is 417 g/mol. The highest BCUT2D eigenvalue weighted by molar-refractivity contribution is 8.16. The van der Waals surface area contributed by atoms with E-state index in [-0.39, 0.29) is 11.6 Å². The van der Waals surface area contributed by atoms with Crippen molar-refractivity contribution in [2.24, 2.45) is 9.98 Å². The van der Waals surface area contributed by atoms with Crippen molar-refractivity contribution in [2.45, 2.75) is 38.3 Å². The van der Waals surface area contributed by atoms with Crippen LogP contribution in [0, 0.1) is 6.92 Å². The number of carbonyl (C=O) groups excluding carboxylic acids is 1. The van der Waals surface area contributed by atoms with Gasteiger partial charge < -0.3 is 5.32 Å². The smallest absolute Gasteiger partial charge is 0.234 e. The first-order chi connectivity index (χ1) is 13.0. The van der Waals surface area contributed by atoms with Crippen LogP contribution in [0.1, 0.15) is 36.1 Å². The van der Waals surface area contributed by atoms with Gasteiger partial charge in [-0.1, -0.05) is 35.5 Å². The van der Waals surface area contributed by atoms with Crippen LogP contribution in [-0.4, -0.2) is 28.1 Å². The first-order valence-corrected chi connectivity index (χ1v) is 11.2. The summed E-state index contributed by atoms with van der Waals surface area (Å²) in [5.74, 6) is 0.227. The molecule has 4 rings (SSSR count). The lowest BCUT2D eigenvalue weighted by Gasteiger charge is -2.14. The molecule has 0 radical (unpaired) electrons. The van der Waals surface area contributed by atoms with E-state index in [0.29, 0.717) is 16.5 Å². The lowest BCUT2D eigenvalue weighted by Crippen LogP contribution is -2.17. The maximum atomic E-state index is 12.4. The highest BCUT2D eigenvalue weighted by atomic mass is 35.5. The fraction of sp³-hybridized carbons (Fsp3) is 0.350. The van der Waals surface area contributed by atoms with Crippen LogP contribution in [0.4, 0.5) is 5.69 Å². The van der Waals surface area contributed by atoms with Crippen LogP contribution in [0.2, 0.25) is 5.02 Å². The summed E-state index contributed by atoms with van der Waals surface area (Å²) in [5, 5.41) is 6.49. The van der Waals surface area contributed by atoms with Gasteiger partial charge in [0.25, 0.3) is 0 Å². The average molecular weight is 418 g/mol. The minimum Gasteiger partial charge on any atom is -0.325 e. The minimum absolute atomic E-state index is 0.0690. The summed E-state index contributed by atoms with van der Waals surface area (Å²) < 4.78 is 0. The number of benzene rings is 1. The fourth-order valence-electron chi connectivity index (χ4n) is 3.36. The molecule has 1 spiro atoms. The zero-order chi connectivity index (χ0) is 18.9. The summed E-state index contributed by atoms with van der Waals surface area (Å²) >= 11 is 9.27. The lowest BCUT2D eigenvalue weighted by molar-refractivity contribution is -0.113. The molecular weight excluding hydrogens is 398 g/mol. The predicted molar refractivity (Wildman–Crippen MR) is 117 cm³/mol. The number of thiophene rings is 1. The van der Waals surface area contributed by atoms with E-state index in [1.54, 1.807) is 17.4 Å². The predicted octanol–water partition coefficient (Wildman–Crippen LogP) is 5.55. The van der Waals surface area contributed by atoms with Gasteiger partial charge in [-0.2, -0.15) is 0 Å². The van der Waals surface area contributed by atoms with Gasteiger partial charge in [0, 0.05) is 10.7 Å². The van der Waals surface area contributed by atoms with Crippen molar-refractivity contribution in [1.82, 2.24) is 0 Å². The molecule has 2 heterocycles. The molecule has 2 aliphatic rings. The number of hydrogen-bond acceptors (Lipinski definition) is 5. The molecule has 27 heavy (non-hydrogen) atoms. The van der Waals surface area contributed by atoms with Crippen molar-refractivity contribution < 1.29 is 4.79 Å². The molecule has 2 aromatic rings. The van der Waals surface area contributed by atoms with E-state index in [2.05, 4.69) is 11.4 Å². The summed E-state index contributed by atoms with van der Waals surface area (Å²) in [6, 6.07) is 9.64. The Morgan fingerprint density at radius 2 is 2.11 bits per heavy atom. The number of rotatable bonds is 4. The van der Waals surface area contributed by atoms with Crippen LogP contribution in [0.15, 0.2) is 45.7 Å². The molecule has 1 saturated carbocycles. The molecule has 0 saturated heterocycles. The van der Waals surface area contributed by atoms with Gasteiger partial charge in [0.15, 0.2) is 5.66 Å². The van der Waals surface area contributed by atoms with Crippen LogP contribution >= 0.6 is 34.7 Å². The van der Waals surface area contributed by atoms with E-state index in [1.807, 2.05) is 30.5 Å². The number of aryl methyl sites for hydroxylation is 1. The molecule has 7 heteroatoms. The number of carbonyl (C=O) groups is 1. The molecule has 0 bridgehead atoms. The molecule has 1 aliphatic carbocycles. The highest BCUT2D eigenvalue weighted by Gasteiger charge is 2.39. The van der Waals surface area contributed by atoms with Crippen molar-refractivity contribution in [3.05, 3.63) is 51.2 Å². The minimum atomic E-state index is -0.289. The molecule has 1 amide bonds.